The number of benzene rings is 3. The van der Waals surface area contributed by atoms with E-state index in [0.717, 1.165) is 27.6 Å². The molecule has 1 heterocycles. The molecule has 0 fully saturated rings. The number of hydrogen-bond acceptors (Lipinski definition) is 3. The first kappa shape index (κ1) is 17.1. The fourth-order valence-corrected chi connectivity index (χ4v) is 3.16. The highest BCUT2D eigenvalue weighted by atomic mass is 19.1. The standard InChI is InChI=1S/C22H17F2N3/c1-13-10-16(23)6-8-18(13)22-19-9-7-17(11-15(19)12-25-27-22)26-21-5-3-4-20(24)14(21)2/h3-12,26H,1-2H3. The molecule has 0 aliphatic carbocycles. The van der Waals surface area contributed by atoms with Gasteiger partial charge in [0.1, 0.15) is 17.3 Å². The average Bonchev–Trinajstić information content (AvgIpc) is 2.65. The highest BCUT2D eigenvalue weighted by Gasteiger charge is 2.11. The lowest BCUT2D eigenvalue weighted by atomic mass is 10.0. The van der Waals surface area contributed by atoms with Crippen LogP contribution in [0.4, 0.5) is 20.2 Å². The van der Waals surface area contributed by atoms with Gasteiger partial charge < -0.3 is 5.32 Å². The zero-order chi connectivity index (χ0) is 19.0. The van der Waals surface area contributed by atoms with Crippen LogP contribution in [0.1, 0.15) is 11.1 Å². The van der Waals surface area contributed by atoms with Gasteiger partial charge in [0.15, 0.2) is 0 Å². The van der Waals surface area contributed by atoms with Crippen molar-refractivity contribution in [1.29, 1.82) is 0 Å². The second-order valence-corrected chi connectivity index (χ2v) is 6.49. The molecule has 5 heteroatoms. The van der Waals surface area contributed by atoms with Gasteiger partial charge in [0.25, 0.3) is 0 Å². The number of nitrogens with one attached hydrogen (secondary N) is 1. The predicted octanol–water partition coefficient (Wildman–Crippen LogP) is 5.94. The molecule has 0 unspecified atom stereocenters. The van der Waals surface area contributed by atoms with Crippen LogP contribution in [0.3, 0.4) is 0 Å². The second kappa shape index (κ2) is 6.76. The highest BCUT2D eigenvalue weighted by Crippen LogP contribution is 2.31. The number of aryl methyl sites for hydroxylation is 1. The Labute approximate surface area is 155 Å². The fourth-order valence-electron chi connectivity index (χ4n) is 3.16. The molecule has 0 atom stereocenters. The maximum atomic E-state index is 13.8. The Morgan fingerprint density at radius 1 is 0.926 bits per heavy atom. The first-order valence-electron chi connectivity index (χ1n) is 8.57. The van der Waals surface area contributed by atoms with Crippen molar-refractivity contribution in [2.45, 2.75) is 13.8 Å². The van der Waals surface area contributed by atoms with Crippen molar-refractivity contribution in [2.75, 3.05) is 5.32 Å². The van der Waals surface area contributed by atoms with Gasteiger partial charge in [-0.15, -0.1) is 5.10 Å². The minimum absolute atomic E-state index is 0.249. The average molecular weight is 361 g/mol. The topological polar surface area (TPSA) is 37.8 Å². The number of halogens is 2. The molecule has 0 aliphatic rings. The summed E-state index contributed by atoms with van der Waals surface area (Å²) in [5, 5.41) is 13.4. The lowest BCUT2D eigenvalue weighted by Gasteiger charge is -2.12. The van der Waals surface area contributed by atoms with Gasteiger partial charge in [-0.1, -0.05) is 6.07 Å². The molecule has 27 heavy (non-hydrogen) atoms. The summed E-state index contributed by atoms with van der Waals surface area (Å²) in [5.41, 5.74) is 4.45. The van der Waals surface area contributed by atoms with Crippen LogP contribution in [-0.2, 0) is 0 Å². The van der Waals surface area contributed by atoms with Gasteiger partial charge in [-0.25, -0.2) is 8.78 Å². The molecular weight excluding hydrogens is 344 g/mol. The summed E-state index contributed by atoms with van der Waals surface area (Å²) in [7, 11) is 0. The van der Waals surface area contributed by atoms with E-state index in [1.54, 1.807) is 25.3 Å². The van der Waals surface area contributed by atoms with Gasteiger partial charge in [0.05, 0.1) is 6.20 Å². The second-order valence-electron chi connectivity index (χ2n) is 6.49. The fraction of sp³-hybridized carbons (Fsp3) is 0.0909. The van der Waals surface area contributed by atoms with Crippen LogP contribution in [0.25, 0.3) is 22.0 Å². The van der Waals surface area contributed by atoms with Gasteiger partial charge in [-0.3, -0.25) is 0 Å². The SMILES string of the molecule is Cc1cc(F)ccc1-c1nncc2cc(Nc3cccc(F)c3C)ccc12. The molecule has 1 aromatic heterocycles. The van der Waals surface area contributed by atoms with E-state index in [2.05, 4.69) is 15.5 Å². The van der Waals surface area contributed by atoms with Crippen molar-refractivity contribution in [1.82, 2.24) is 10.2 Å². The normalized spacial score (nSPS) is 11.0. The molecule has 0 saturated heterocycles. The van der Waals surface area contributed by atoms with E-state index >= 15 is 0 Å². The molecule has 3 aromatic carbocycles. The zero-order valence-electron chi connectivity index (χ0n) is 14.9. The third-order valence-corrected chi connectivity index (χ3v) is 4.65. The Kier molecular flexibility index (Phi) is 4.28. The molecule has 0 spiro atoms. The molecule has 0 bridgehead atoms. The Bertz CT molecular complexity index is 1160. The molecule has 0 saturated carbocycles. The summed E-state index contributed by atoms with van der Waals surface area (Å²) in [5.74, 6) is -0.526. The van der Waals surface area contributed by atoms with E-state index in [4.69, 9.17) is 0 Å². The minimum atomic E-state index is -0.276. The van der Waals surface area contributed by atoms with E-state index in [0.29, 0.717) is 16.9 Å². The molecule has 1 N–H and O–H groups in total. The summed E-state index contributed by atoms with van der Waals surface area (Å²) >= 11 is 0. The van der Waals surface area contributed by atoms with Crippen molar-refractivity contribution in [3.8, 4) is 11.3 Å². The van der Waals surface area contributed by atoms with E-state index in [9.17, 15) is 8.78 Å². The van der Waals surface area contributed by atoms with E-state index in [-0.39, 0.29) is 11.6 Å². The minimum Gasteiger partial charge on any atom is -0.355 e. The molecule has 0 radical (unpaired) electrons. The smallest absolute Gasteiger partial charge is 0.128 e. The van der Waals surface area contributed by atoms with Gasteiger partial charge in [-0.05, 0) is 67.9 Å². The maximum Gasteiger partial charge on any atom is 0.128 e. The Balaban J connectivity index is 1.77. The molecule has 3 nitrogen and oxygen atoms in total. The summed E-state index contributed by atoms with van der Waals surface area (Å²) in [4.78, 5) is 0. The van der Waals surface area contributed by atoms with Crippen molar-refractivity contribution in [3.63, 3.8) is 0 Å². The van der Waals surface area contributed by atoms with Crippen LogP contribution < -0.4 is 5.32 Å². The first-order valence-corrected chi connectivity index (χ1v) is 8.57. The van der Waals surface area contributed by atoms with Crippen LogP contribution in [-0.4, -0.2) is 10.2 Å². The van der Waals surface area contributed by atoms with Gasteiger partial charge >= 0.3 is 0 Å². The Hall–Kier alpha value is -3.34. The number of rotatable bonds is 3. The predicted molar refractivity (Wildman–Crippen MR) is 104 cm³/mol. The molecule has 4 rings (SSSR count). The Morgan fingerprint density at radius 3 is 2.59 bits per heavy atom. The van der Waals surface area contributed by atoms with Crippen molar-refractivity contribution in [2.24, 2.45) is 0 Å². The number of fused-ring (bicyclic) bond motifs is 1. The summed E-state index contributed by atoms with van der Waals surface area (Å²) in [6.45, 7) is 3.58. The molecule has 134 valence electrons. The van der Waals surface area contributed by atoms with E-state index in [1.165, 1.54) is 18.2 Å². The number of anilines is 2. The van der Waals surface area contributed by atoms with E-state index < -0.39 is 0 Å². The zero-order valence-corrected chi connectivity index (χ0v) is 14.9. The first-order chi connectivity index (χ1) is 13.0. The van der Waals surface area contributed by atoms with Crippen LogP contribution in [0.5, 0.6) is 0 Å². The monoisotopic (exact) mass is 361 g/mol. The highest BCUT2D eigenvalue weighted by molar-refractivity contribution is 5.96. The number of aromatic nitrogens is 2. The van der Waals surface area contributed by atoms with Crippen LogP contribution >= 0.6 is 0 Å². The van der Waals surface area contributed by atoms with E-state index in [1.807, 2.05) is 31.2 Å². The molecule has 0 aliphatic heterocycles. The maximum absolute atomic E-state index is 13.8. The molecular formula is C22H17F2N3. The quantitative estimate of drug-likeness (QED) is 0.491. The van der Waals surface area contributed by atoms with Gasteiger partial charge in [0, 0.05) is 33.3 Å². The van der Waals surface area contributed by atoms with Crippen LogP contribution in [0.15, 0.2) is 60.8 Å². The number of hydrogen-bond donors (Lipinski definition) is 1. The summed E-state index contributed by atoms with van der Waals surface area (Å²) in [6, 6.07) is 15.4. The van der Waals surface area contributed by atoms with Gasteiger partial charge in [0.2, 0.25) is 0 Å². The van der Waals surface area contributed by atoms with Gasteiger partial charge in [-0.2, -0.15) is 5.10 Å². The number of nitrogens with zero attached hydrogens (tertiary/aromatic N) is 2. The third-order valence-electron chi connectivity index (χ3n) is 4.65. The van der Waals surface area contributed by atoms with Crippen molar-refractivity contribution < 1.29 is 8.78 Å². The summed E-state index contributed by atoms with van der Waals surface area (Å²) in [6.07, 6.45) is 1.68. The van der Waals surface area contributed by atoms with Crippen molar-refractivity contribution >= 4 is 22.1 Å². The van der Waals surface area contributed by atoms with Crippen LogP contribution in [0, 0.1) is 25.5 Å². The summed E-state index contributed by atoms with van der Waals surface area (Å²) < 4.78 is 27.2. The third kappa shape index (κ3) is 3.24. The molecule has 4 aromatic rings. The van der Waals surface area contributed by atoms with Crippen molar-refractivity contribution in [3.05, 3.63) is 83.6 Å². The molecule has 0 amide bonds. The van der Waals surface area contributed by atoms with Crippen LogP contribution in [0.2, 0.25) is 0 Å². The Morgan fingerprint density at radius 2 is 1.78 bits per heavy atom. The lowest BCUT2D eigenvalue weighted by molar-refractivity contribution is 0.619. The lowest BCUT2D eigenvalue weighted by Crippen LogP contribution is -1.96. The largest absolute Gasteiger partial charge is 0.355 e.